The number of rotatable bonds is 3. The van der Waals surface area contributed by atoms with Crippen molar-refractivity contribution in [2.45, 2.75) is 50.5 Å². The van der Waals surface area contributed by atoms with Crippen molar-refractivity contribution in [2.75, 3.05) is 0 Å². The van der Waals surface area contributed by atoms with E-state index >= 15 is 0 Å². The molecule has 90 valence electrons. The van der Waals surface area contributed by atoms with Crippen LogP contribution in [0.1, 0.15) is 49.7 Å². The topological polar surface area (TPSA) is 29.1 Å². The first-order valence-corrected chi connectivity index (χ1v) is 6.55. The molecule has 1 aliphatic carbocycles. The predicted octanol–water partition coefficient (Wildman–Crippen LogP) is 2.78. The minimum Gasteiger partial charge on any atom is -0.351 e. The Balaban J connectivity index is 1.82. The van der Waals surface area contributed by atoms with Crippen molar-refractivity contribution in [3.05, 3.63) is 35.4 Å². The van der Waals surface area contributed by atoms with Crippen LogP contribution in [0.15, 0.2) is 24.3 Å². The standard InChI is InChI=1S/C15H19NO/c1-15(9-8-14(17)16-15)10-12-4-2-3-5-13(12)11-6-7-11/h2-5,11H,6-10H2,1H3,(H,16,17). The quantitative estimate of drug-likeness (QED) is 0.848. The van der Waals surface area contributed by atoms with Crippen LogP contribution >= 0.6 is 0 Å². The van der Waals surface area contributed by atoms with Crippen molar-refractivity contribution < 1.29 is 4.79 Å². The number of nitrogens with one attached hydrogen (secondary N) is 1. The summed E-state index contributed by atoms with van der Waals surface area (Å²) >= 11 is 0. The van der Waals surface area contributed by atoms with E-state index < -0.39 is 0 Å². The summed E-state index contributed by atoms with van der Waals surface area (Å²) < 4.78 is 0. The third-order valence-corrected chi connectivity index (χ3v) is 4.00. The fourth-order valence-electron chi connectivity index (χ4n) is 2.89. The number of hydrogen-bond donors (Lipinski definition) is 1. The van der Waals surface area contributed by atoms with Crippen LogP contribution < -0.4 is 5.32 Å². The molecule has 1 aliphatic heterocycles. The summed E-state index contributed by atoms with van der Waals surface area (Å²) in [5.74, 6) is 0.989. The smallest absolute Gasteiger partial charge is 0.220 e. The number of carbonyl (C=O) groups is 1. The van der Waals surface area contributed by atoms with Gasteiger partial charge in [-0.25, -0.2) is 0 Å². The molecule has 3 rings (SSSR count). The summed E-state index contributed by atoms with van der Waals surface area (Å²) in [6.45, 7) is 2.17. The van der Waals surface area contributed by atoms with Crippen LogP contribution in [0.5, 0.6) is 0 Å². The molecular weight excluding hydrogens is 210 g/mol. The van der Waals surface area contributed by atoms with Crippen molar-refractivity contribution in [1.82, 2.24) is 5.32 Å². The molecule has 1 aromatic rings. The molecule has 0 bridgehead atoms. The highest BCUT2D eigenvalue weighted by atomic mass is 16.2. The Morgan fingerprint density at radius 1 is 1.35 bits per heavy atom. The lowest BCUT2D eigenvalue weighted by molar-refractivity contribution is -0.119. The second-order valence-corrected chi connectivity index (χ2v) is 5.76. The first-order valence-electron chi connectivity index (χ1n) is 6.55. The molecule has 1 heterocycles. The Hall–Kier alpha value is -1.31. The van der Waals surface area contributed by atoms with Crippen molar-refractivity contribution in [1.29, 1.82) is 0 Å². The molecule has 1 aromatic carbocycles. The van der Waals surface area contributed by atoms with E-state index in [0.29, 0.717) is 6.42 Å². The minimum atomic E-state index is -0.0257. The number of hydrogen-bond acceptors (Lipinski definition) is 1. The van der Waals surface area contributed by atoms with Gasteiger partial charge in [0, 0.05) is 12.0 Å². The molecule has 0 radical (unpaired) electrons. The van der Waals surface area contributed by atoms with Crippen molar-refractivity contribution in [3.63, 3.8) is 0 Å². The lowest BCUT2D eigenvalue weighted by Gasteiger charge is -2.25. The number of benzene rings is 1. The molecule has 0 spiro atoms. The van der Waals surface area contributed by atoms with E-state index in [-0.39, 0.29) is 11.4 Å². The van der Waals surface area contributed by atoms with Gasteiger partial charge in [0.25, 0.3) is 0 Å². The summed E-state index contributed by atoms with van der Waals surface area (Å²) in [5.41, 5.74) is 2.91. The molecule has 1 atom stereocenters. The third kappa shape index (κ3) is 2.21. The monoisotopic (exact) mass is 229 g/mol. The highest BCUT2D eigenvalue weighted by Gasteiger charge is 2.35. The lowest BCUT2D eigenvalue weighted by atomic mass is 9.88. The van der Waals surface area contributed by atoms with E-state index in [2.05, 4.69) is 36.5 Å². The van der Waals surface area contributed by atoms with Crippen LogP contribution in [0.4, 0.5) is 0 Å². The van der Waals surface area contributed by atoms with E-state index in [4.69, 9.17) is 0 Å². The zero-order valence-electron chi connectivity index (χ0n) is 10.3. The van der Waals surface area contributed by atoms with Crippen LogP contribution in [-0.4, -0.2) is 11.4 Å². The van der Waals surface area contributed by atoms with Gasteiger partial charge in [-0.1, -0.05) is 24.3 Å². The van der Waals surface area contributed by atoms with Gasteiger partial charge in [-0.05, 0) is 49.7 Å². The molecule has 1 unspecified atom stereocenters. The number of amides is 1. The van der Waals surface area contributed by atoms with Crippen LogP contribution in [0.3, 0.4) is 0 Å². The fourth-order valence-corrected chi connectivity index (χ4v) is 2.89. The van der Waals surface area contributed by atoms with Gasteiger partial charge in [-0.2, -0.15) is 0 Å². The molecule has 1 saturated carbocycles. The Kier molecular flexibility index (Phi) is 2.46. The van der Waals surface area contributed by atoms with Gasteiger partial charge in [0.2, 0.25) is 5.91 Å². The summed E-state index contributed by atoms with van der Waals surface area (Å²) in [5, 5.41) is 3.13. The average molecular weight is 229 g/mol. The molecule has 2 aliphatic rings. The zero-order valence-corrected chi connectivity index (χ0v) is 10.3. The maximum absolute atomic E-state index is 11.4. The van der Waals surface area contributed by atoms with Crippen molar-refractivity contribution in [2.24, 2.45) is 0 Å². The SMILES string of the molecule is CC1(Cc2ccccc2C2CC2)CCC(=O)N1. The second-order valence-electron chi connectivity index (χ2n) is 5.76. The lowest BCUT2D eigenvalue weighted by Crippen LogP contribution is -2.40. The van der Waals surface area contributed by atoms with E-state index in [1.807, 2.05) is 0 Å². The Labute approximate surface area is 102 Å². The van der Waals surface area contributed by atoms with Crippen LogP contribution in [-0.2, 0) is 11.2 Å². The highest BCUT2D eigenvalue weighted by Crippen LogP contribution is 2.42. The van der Waals surface area contributed by atoms with Gasteiger partial charge in [-0.3, -0.25) is 4.79 Å². The van der Waals surface area contributed by atoms with E-state index in [9.17, 15) is 4.79 Å². The van der Waals surface area contributed by atoms with Crippen LogP contribution in [0.2, 0.25) is 0 Å². The fraction of sp³-hybridized carbons (Fsp3) is 0.533. The minimum absolute atomic E-state index is 0.0257. The Morgan fingerprint density at radius 2 is 2.12 bits per heavy atom. The van der Waals surface area contributed by atoms with Crippen LogP contribution in [0.25, 0.3) is 0 Å². The molecule has 1 saturated heterocycles. The van der Waals surface area contributed by atoms with Crippen molar-refractivity contribution in [3.8, 4) is 0 Å². The van der Waals surface area contributed by atoms with Gasteiger partial charge in [0.15, 0.2) is 0 Å². The summed E-state index contributed by atoms with van der Waals surface area (Å²) in [6, 6.07) is 8.73. The molecule has 2 nitrogen and oxygen atoms in total. The average Bonchev–Trinajstić information content (AvgIpc) is 3.07. The zero-order chi connectivity index (χ0) is 11.9. The van der Waals surface area contributed by atoms with Crippen molar-refractivity contribution >= 4 is 5.91 Å². The van der Waals surface area contributed by atoms with E-state index in [1.54, 1.807) is 0 Å². The third-order valence-electron chi connectivity index (χ3n) is 4.00. The Bertz CT molecular complexity index is 450. The summed E-state index contributed by atoms with van der Waals surface area (Å²) in [4.78, 5) is 11.4. The predicted molar refractivity (Wildman–Crippen MR) is 67.9 cm³/mol. The normalized spacial score (nSPS) is 28.2. The first-order chi connectivity index (χ1) is 8.16. The van der Waals surface area contributed by atoms with Gasteiger partial charge in [0.1, 0.15) is 0 Å². The summed E-state index contributed by atoms with van der Waals surface area (Å²) in [7, 11) is 0. The van der Waals surface area contributed by atoms with E-state index in [0.717, 1.165) is 18.8 Å². The van der Waals surface area contributed by atoms with E-state index in [1.165, 1.54) is 24.0 Å². The highest BCUT2D eigenvalue weighted by molar-refractivity contribution is 5.79. The largest absolute Gasteiger partial charge is 0.351 e. The maximum Gasteiger partial charge on any atom is 0.220 e. The molecule has 2 heteroatoms. The molecule has 2 fully saturated rings. The van der Waals surface area contributed by atoms with Gasteiger partial charge < -0.3 is 5.32 Å². The van der Waals surface area contributed by atoms with Gasteiger partial charge >= 0.3 is 0 Å². The maximum atomic E-state index is 11.4. The van der Waals surface area contributed by atoms with Crippen LogP contribution in [0, 0.1) is 0 Å². The van der Waals surface area contributed by atoms with Gasteiger partial charge in [-0.15, -0.1) is 0 Å². The number of carbonyl (C=O) groups excluding carboxylic acids is 1. The molecule has 1 amide bonds. The summed E-state index contributed by atoms with van der Waals surface area (Å²) in [6.07, 6.45) is 5.29. The second kappa shape index (κ2) is 3.86. The van der Waals surface area contributed by atoms with Gasteiger partial charge in [0.05, 0.1) is 0 Å². The molecule has 17 heavy (non-hydrogen) atoms. The molecule has 1 N–H and O–H groups in total. The first kappa shape index (κ1) is 10.8. The molecule has 0 aromatic heterocycles. The molecular formula is C15H19NO. The Morgan fingerprint density at radius 3 is 2.76 bits per heavy atom.